The molecule has 1 aromatic heterocycles. The van der Waals surface area contributed by atoms with Crippen molar-refractivity contribution in [1.29, 1.82) is 0 Å². The molecule has 0 bridgehead atoms. The molecular weight excluding hydrogens is 246 g/mol. The third kappa shape index (κ3) is 2.77. The average molecular weight is 265 g/mol. The number of carbonyl (C=O) groups is 1. The highest BCUT2D eigenvalue weighted by Crippen LogP contribution is 2.30. The predicted molar refractivity (Wildman–Crippen MR) is 76.2 cm³/mol. The molecule has 1 amide bonds. The molecule has 1 aliphatic rings. The van der Waals surface area contributed by atoms with E-state index < -0.39 is 0 Å². The van der Waals surface area contributed by atoms with Gasteiger partial charge in [-0.15, -0.1) is 0 Å². The van der Waals surface area contributed by atoms with Crippen LogP contribution in [-0.2, 0) is 0 Å². The number of aromatic nitrogens is 1. The molecule has 0 saturated carbocycles. The zero-order valence-electron chi connectivity index (χ0n) is 11.1. The summed E-state index contributed by atoms with van der Waals surface area (Å²) in [5.74, 6) is 1.06. The van der Waals surface area contributed by atoms with Crippen molar-refractivity contribution in [2.24, 2.45) is 0 Å². The van der Waals surface area contributed by atoms with Crippen LogP contribution in [0.4, 0.5) is 5.69 Å². The summed E-state index contributed by atoms with van der Waals surface area (Å²) >= 11 is 1.92. The van der Waals surface area contributed by atoms with Crippen LogP contribution in [-0.4, -0.2) is 46.4 Å². The van der Waals surface area contributed by atoms with Crippen molar-refractivity contribution in [3.05, 3.63) is 24.0 Å². The van der Waals surface area contributed by atoms with Crippen LogP contribution in [0.2, 0.25) is 0 Å². The second kappa shape index (κ2) is 5.18. The van der Waals surface area contributed by atoms with Gasteiger partial charge in [-0.1, -0.05) is 0 Å². The molecule has 0 atom stereocenters. The van der Waals surface area contributed by atoms with Crippen LogP contribution < -0.4 is 5.32 Å². The van der Waals surface area contributed by atoms with Gasteiger partial charge in [0.15, 0.2) is 0 Å². The highest BCUT2D eigenvalue weighted by Gasteiger charge is 2.30. The molecule has 1 aromatic rings. The van der Waals surface area contributed by atoms with Gasteiger partial charge in [-0.3, -0.25) is 9.78 Å². The molecule has 1 fully saturated rings. The lowest BCUT2D eigenvalue weighted by molar-refractivity contribution is 0.0748. The standard InChI is InChI=1S/C13H19N3OS/c1-13(2)9-16(6-7-18-13)12(17)10-8-15-5-4-11(10)14-3/h4-5,8H,6-7,9H2,1-3H3,(H,14,15). The summed E-state index contributed by atoms with van der Waals surface area (Å²) in [4.78, 5) is 18.5. The number of carbonyl (C=O) groups excluding carboxylic acids is 1. The Morgan fingerprint density at radius 3 is 3.00 bits per heavy atom. The second-order valence-electron chi connectivity index (χ2n) is 5.01. The molecule has 4 nitrogen and oxygen atoms in total. The molecule has 0 aromatic carbocycles. The summed E-state index contributed by atoms with van der Waals surface area (Å²) in [5, 5.41) is 3.04. The van der Waals surface area contributed by atoms with E-state index in [0.717, 1.165) is 24.5 Å². The molecule has 1 N–H and O–H groups in total. The fourth-order valence-corrected chi connectivity index (χ4v) is 3.25. The van der Waals surface area contributed by atoms with Crippen LogP contribution in [0.5, 0.6) is 0 Å². The Bertz CT molecular complexity index is 448. The quantitative estimate of drug-likeness (QED) is 0.889. The third-order valence-electron chi connectivity index (χ3n) is 3.03. The van der Waals surface area contributed by atoms with Crippen molar-refractivity contribution < 1.29 is 4.79 Å². The number of nitrogens with zero attached hydrogens (tertiary/aromatic N) is 2. The number of anilines is 1. The normalized spacial score (nSPS) is 18.5. The van der Waals surface area contributed by atoms with Crippen molar-refractivity contribution in [2.75, 3.05) is 31.2 Å². The number of rotatable bonds is 2. The summed E-state index contributed by atoms with van der Waals surface area (Å²) in [5.41, 5.74) is 1.49. The molecule has 2 heterocycles. The Kier molecular flexibility index (Phi) is 3.80. The molecule has 0 radical (unpaired) electrons. The zero-order valence-corrected chi connectivity index (χ0v) is 11.9. The monoisotopic (exact) mass is 265 g/mol. The fraction of sp³-hybridized carbons (Fsp3) is 0.538. The van der Waals surface area contributed by atoms with Gasteiger partial charge in [-0.25, -0.2) is 0 Å². The largest absolute Gasteiger partial charge is 0.387 e. The van der Waals surface area contributed by atoms with E-state index in [0.29, 0.717) is 5.56 Å². The first-order chi connectivity index (χ1) is 8.53. The molecule has 0 aliphatic carbocycles. The lowest BCUT2D eigenvalue weighted by Crippen LogP contribution is -2.46. The van der Waals surface area contributed by atoms with Crippen LogP contribution in [0.1, 0.15) is 24.2 Å². The summed E-state index contributed by atoms with van der Waals surface area (Å²) in [6.07, 6.45) is 3.33. The van der Waals surface area contributed by atoms with Crippen molar-refractivity contribution in [3.63, 3.8) is 0 Å². The van der Waals surface area contributed by atoms with Crippen LogP contribution in [0.15, 0.2) is 18.5 Å². The van der Waals surface area contributed by atoms with E-state index in [1.165, 1.54) is 0 Å². The minimum atomic E-state index is 0.0702. The van der Waals surface area contributed by atoms with E-state index in [9.17, 15) is 4.79 Å². The Morgan fingerprint density at radius 2 is 2.33 bits per heavy atom. The Labute approximate surface area is 112 Å². The van der Waals surface area contributed by atoms with Crippen LogP contribution in [0.3, 0.4) is 0 Å². The first-order valence-electron chi connectivity index (χ1n) is 6.08. The van der Waals surface area contributed by atoms with Gasteiger partial charge in [0, 0.05) is 48.7 Å². The smallest absolute Gasteiger partial charge is 0.257 e. The molecule has 18 heavy (non-hydrogen) atoms. The summed E-state index contributed by atoms with van der Waals surface area (Å²) in [6.45, 7) is 5.96. The van der Waals surface area contributed by atoms with Gasteiger partial charge < -0.3 is 10.2 Å². The molecule has 0 spiro atoms. The van der Waals surface area contributed by atoms with Gasteiger partial charge in [-0.05, 0) is 19.9 Å². The molecule has 98 valence electrons. The van der Waals surface area contributed by atoms with Crippen molar-refractivity contribution >= 4 is 23.4 Å². The highest BCUT2D eigenvalue weighted by atomic mass is 32.2. The number of hydrogen-bond donors (Lipinski definition) is 1. The van der Waals surface area contributed by atoms with Crippen molar-refractivity contribution in [3.8, 4) is 0 Å². The highest BCUT2D eigenvalue weighted by molar-refractivity contribution is 8.00. The molecular formula is C13H19N3OS. The van der Waals surface area contributed by atoms with Gasteiger partial charge >= 0.3 is 0 Å². The zero-order chi connectivity index (χ0) is 13.2. The minimum absolute atomic E-state index is 0.0702. The summed E-state index contributed by atoms with van der Waals surface area (Å²) < 4.78 is 0.135. The number of amides is 1. The lowest BCUT2D eigenvalue weighted by Gasteiger charge is -2.37. The molecule has 2 rings (SSSR count). The van der Waals surface area contributed by atoms with Crippen LogP contribution in [0, 0.1) is 0 Å². The molecule has 5 heteroatoms. The summed E-state index contributed by atoms with van der Waals surface area (Å²) in [6, 6.07) is 1.83. The van der Waals surface area contributed by atoms with E-state index in [1.54, 1.807) is 12.4 Å². The van der Waals surface area contributed by atoms with Gasteiger partial charge in [0.1, 0.15) is 0 Å². The van der Waals surface area contributed by atoms with Gasteiger partial charge in [0.05, 0.1) is 5.56 Å². The third-order valence-corrected chi connectivity index (χ3v) is 4.33. The number of pyridine rings is 1. The predicted octanol–water partition coefficient (Wildman–Crippen LogP) is 2.09. The maximum Gasteiger partial charge on any atom is 0.257 e. The minimum Gasteiger partial charge on any atom is -0.387 e. The van der Waals surface area contributed by atoms with E-state index in [4.69, 9.17) is 0 Å². The molecule has 1 aliphatic heterocycles. The van der Waals surface area contributed by atoms with E-state index >= 15 is 0 Å². The maximum absolute atomic E-state index is 12.5. The van der Waals surface area contributed by atoms with Crippen molar-refractivity contribution in [2.45, 2.75) is 18.6 Å². The lowest BCUT2D eigenvalue weighted by atomic mass is 10.1. The van der Waals surface area contributed by atoms with Gasteiger partial charge in [-0.2, -0.15) is 11.8 Å². The Morgan fingerprint density at radius 1 is 1.56 bits per heavy atom. The number of thioether (sulfide) groups is 1. The number of nitrogens with one attached hydrogen (secondary N) is 1. The number of hydrogen-bond acceptors (Lipinski definition) is 4. The van der Waals surface area contributed by atoms with E-state index in [-0.39, 0.29) is 10.7 Å². The first kappa shape index (κ1) is 13.2. The maximum atomic E-state index is 12.5. The van der Waals surface area contributed by atoms with Crippen LogP contribution >= 0.6 is 11.8 Å². The Balaban J connectivity index is 2.20. The van der Waals surface area contributed by atoms with E-state index in [1.807, 2.05) is 29.8 Å². The van der Waals surface area contributed by atoms with Crippen LogP contribution in [0.25, 0.3) is 0 Å². The van der Waals surface area contributed by atoms with Gasteiger partial charge in [0.25, 0.3) is 5.91 Å². The van der Waals surface area contributed by atoms with Crippen molar-refractivity contribution in [1.82, 2.24) is 9.88 Å². The van der Waals surface area contributed by atoms with E-state index in [2.05, 4.69) is 24.1 Å². The average Bonchev–Trinajstić information content (AvgIpc) is 2.36. The molecule has 1 saturated heterocycles. The van der Waals surface area contributed by atoms with Gasteiger partial charge in [0.2, 0.25) is 0 Å². The fourth-order valence-electron chi connectivity index (χ4n) is 2.14. The topological polar surface area (TPSA) is 45.2 Å². The molecule has 0 unspecified atom stereocenters. The summed E-state index contributed by atoms with van der Waals surface area (Å²) in [7, 11) is 1.82. The second-order valence-corrected chi connectivity index (χ2v) is 6.81. The first-order valence-corrected chi connectivity index (χ1v) is 7.07. The Hall–Kier alpha value is -1.23. The SMILES string of the molecule is CNc1ccncc1C(=O)N1CCSC(C)(C)C1.